The lowest BCUT2D eigenvalue weighted by molar-refractivity contribution is 0.669. The van der Waals surface area contributed by atoms with Gasteiger partial charge in [-0.1, -0.05) is 72.8 Å². The molecule has 0 saturated heterocycles. The lowest BCUT2D eigenvalue weighted by Crippen LogP contribution is -2.10. The van der Waals surface area contributed by atoms with Crippen LogP contribution in [-0.2, 0) is 0 Å². The van der Waals surface area contributed by atoms with Crippen LogP contribution in [0.3, 0.4) is 0 Å². The summed E-state index contributed by atoms with van der Waals surface area (Å²) in [6, 6.07) is 45.6. The molecule has 0 bridgehead atoms. The fourth-order valence-electron chi connectivity index (χ4n) is 6.65. The molecule has 5 heteroatoms. The van der Waals surface area contributed by atoms with E-state index in [1.54, 1.807) is 11.3 Å². The van der Waals surface area contributed by atoms with E-state index < -0.39 is 0 Å². The Kier molecular flexibility index (Phi) is 5.03. The number of furan rings is 1. The van der Waals surface area contributed by atoms with E-state index >= 15 is 0 Å². The number of rotatable bonds is 3. The fourth-order valence-corrected chi connectivity index (χ4v) is 8.90. The van der Waals surface area contributed by atoms with E-state index in [1.165, 1.54) is 46.4 Å². The zero-order valence-corrected chi connectivity index (χ0v) is 25.0. The first kappa shape index (κ1) is 24.2. The second-order valence-corrected chi connectivity index (χ2v) is 13.3. The Balaban J connectivity index is 1.24. The Morgan fingerprint density at radius 3 is 2.11 bits per heavy atom. The Labute approximate surface area is 259 Å². The lowest BCUT2D eigenvalue weighted by Gasteiger charge is -2.25. The summed E-state index contributed by atoms with van der Waals surface area (Å²) in [5.74, 6) is 0. The highest BCUT2D eigenvalue weighted by Crippen LogP contribution is 2.44. The largest absolute Gasteiger partial charge is 0.456 e. The molecule has 0 unspecified atom stereocenters. The molecule has 4 heterocycles. The van der Waals surface area contributed by atoms with Gasteiger partial charge < -0.3 is 9.32 Å². The molecule has 0 aliphatic rings. The molecule has 6 aromatic carbocycles. The van der Waals surface area contributed by atoms with Gasteiger partial charge in [0, 0.05) is 57.8 Å². The molecule has 44 heavy (non-hydrogen) atoms. The molecule has 206 valence electrons. The van der Waals surface area contributed by atoms with Gasteiger partial charge in [0.15, 0.2) is 0 Å². The average Bonchev–Trinajstić information content (AvgIpc) is 3.76. The highest BCUT2D eigenvalue weighted by Gasteiger charge is 2.19. The first-order valence-corrected chi connectivity index (χ1v) is 16.2. The van der Waals surface area contributed by atoms with Crippen LogP contribution in [0, 0.1) is 0 Å². The summed E-state index contributed by atoms with van der Waals surface area (Å²) < 4.78 is 10.1. The van der Waals surface area contributed by atoms with Crippen molar-refractivity contribution in [2.24, 2.45) is 0 Å². The lowest BCUT2D eigenvalue weighted by atomic mass is 10.1. The van der Waals surface area contributed by atoms with Crippen LogP contribution in [0.25, 0.3) is 73.2 Å². The minimum atomic E-state index is 0.887. The van der Waals surface area contributed by atoms with E-state index in [0.717, 1.165) is 43.8 Å². The molecule has 0 saturated carbocycles. The topological polar surface area (TPSA) is 29.3 Å². The predicted octanol–water partition coefficient (Wildman–Crippen LogP) is 12.3. The van der Waals surface area contributed by atoms with Crippen molar-refractivity contribution in [1.29, 1.82) is 0 Å². The molecule has 0 spiro atoms. The summed E-state index contributed by atoms with van der Waals surface area (Å²) in [6.07, 6.45) is 2.02. The van der Waals surface area contributed by atoms with Crippen LogP contribution in [0.2, 0.25) is 0 Å². The third-order valence-corrected chi connectivity index (χ3v) is 11.0. The van der Waals surface area contributed by atoms with Gasteiger partial charge >= 0.3 is 0 Å². The highest BCUT2D eigenvalue weighted by molar-refractivity contribution is 7.26. The van der Waals surface area contributed by atoms with Gasteiger partial charge in [0.2, 0.25) is 0 Å². The van der Waals surface area contributed by atoms with Crippen molar-refractivity contribution in [3.05, 3.63) is 134 Å². The van der Waals surface area contributed by atoms with Crippen LogP contribution in [0.1, 0.15) is 0 Å². The molecule has 0 fully saturated rings. The quantitative estimate of drug-likeness (QED) is 0.203. The monoisotopic (exact) mass is 598 g/mol. The normalized spacial score (nSPS) is 12.1. The van der Waals surface area contributed by atoms with Crippen molar-refractivity contribution in [2.75, 3.05) is 4.90 Å². The van der Waals surface area contributed by atoms with Gasteiger partial charge in [0.1, 0.15) is 16.0 Å². The molecule has 0 aliphatic carbocycles. The van der Waals surface area contributed by atoms with Crippen molar-refractivity contribution in [2.45, 2.75) is 0 Å². The highest BCUT2D eigenvalue weighted by atomic mass is 32.1. The molecule has 0 amide bonds. The van der Waals surface area contributed by atoms with Crippen LogP contribution in [0.4, 0.5) is 17.1 Å². The minimum absolute atomic E-state index is 0.887. The fraction of sp³-hybridized carbons (Fsp3) is 0. The second kappa shape index (κ2) is 9.13. The summed E-state index contributed by atoms with van der Waals surface area (Å²) in [6.45, 7) is 0. The molecule has 4 aromatic heterocycles. The van der Waals surface area contributed by atoms with Gasteiger partial charge in [0.25, 0.3) is 0 Å². The summed E-state index contributed by atoms with van der Waals surface area (Å²) in [4.78, 5) is 8.45. The zero-order chi connectivity index (χ0) is 28.8. The van der Waals surface area contributed by atoms with Gasteiger partial charge in [-0.3, -0.25) is 0 Å². The van der Waals surface area contributed by atoms with Crippen molar-refractivity contribution in [1.82, 2.24) is 4.98 Å². The van der Waals surface area contributed by atoms with Crippen molar-refractivity contribution < 1.29 is 4.42 Å². The SMILES string of the molecule is c1ccc2c(c1)ccc1c3cc(N(c4ccc5oc6ccccc6c5c4)c4ccc5sc6ccccc6c5c4)cnc3sc21. The number of nitrogens with zero attached hydrogens (tertiary/aromatic N) is 2. The molecule has 0 N–H and O–H groups in total. The van der Waals surface area contributed by atoms with Crippen LogP contribution in [-0.4, -0.2) is 4.98 Å². The number of aromatic nitrogens is 1. The number of benzene rings is 6. The third-order valence-electron chi connectivity index (χ3n) is 8.70. The van der Waals surface area contributed by atoms with Gasteiger partial charge in [0.05, 0.1) is 11.9 Å². The molecule has 0 aliphatic heterocycles. The van der Waals surface area contributed by atoms with E-state index in [2.05, 4.69) is 120 Å². The smallest absolute Gasteiger partial charge is 0.135 e. The number of anilines is 3. The molecule has 0 radical (unpaired) electrons. The van der Waals surface area contributed by atoms with Gasteiger partial charge in [-0.25, -0.2) is 4.98 Å². The van der Waals surface area contributed by atoms with Crippen molar-refractivity contribution >= 4 is 113 Å². The van der Waals surface area contributed by atoms with Crippen LogP contribution in [0.15, 0.2) is 138 Å². The number of thiophene rings is 2. The van der Waals surface area contributed by atoms with Gasteiger partial charge in [-0.05, 0) is 65.4 Å². The van der Waals surface area contributed by atoms with E-state index in [1.807, 2.05) is 29.7 Å². The van der Waals surface area contributed by atoms with E-state index in [4.69, 9.17) is 9.40 Å². The Morgan fingerprint density at radius 2 is 1.18 bits per heavy atom. The molecule has 3 nitrogen and oxygen atoms in total. The number of pyridine rings is 1. The predicted molar refractivity (Wildman–Crippen MR) is 189 cm³/mol. The molecule has 10 rings (SSSR count). The number of hydrogen-bond acceptors (Lipinski definition) is 5. The number of fused-ring (bicyclic) bond motifs is 11. The standard InChI is InChI=1S/C39H22N2OS2/c1-2-8-27-23(7-1)13-16-30-33-21-26(22-40-39(33)44-38(27)30)41(24-14-17-35-31(19-24)28-9-3-5-11-34(28)42-35)25-15-18-37-32(20-25)29-10-4-6-12-36(29)43-37/h1-22H. The third kappa shape index (κ3) is 3.51. The van der Waals surface area contributed by atoms with E-state index in [-0.39, 0.29) is 0 Å². The summed E-state index contributed by atoms with van der Waals surface area (Å²) in [5.41, 5.74) is 4.97. The number of para-hydroxylation sites is 1. The Bertz CT molecular complexity index is 2640. The van der Waals surface area contributed by atoms with Crippen LogP contribution < -0.4 is 4.90 Å². The van der Waals surface area contributed by atoms with E-state index in [0.29, 0.717) is 0 Å². The second-order valence-electron chi connectivity index (χ2n) is 11.2. The zero-order valence-electron chi connectivity index (χ0n) is 23.3. The maximum absolute atomic E-state index is 6.20. The van der Waals surface area contributed by atoms with Crippen LogP contribution in [0.5, 0.6) is 0 Å². The molecule has 0 atom stereocenters. The van der Waals surface area contributed by atoms with Crippen molar-refractivity contribution in [3.63, 3.8) is 0 Å². The molecule has 10 aromatic rings. The van der Waals surface area contributed by atoms with E-state index in [9.17, 15) is 0 Å². The summed E-state index contributed by atoms with van der Waals surface area (Å²) in [7, 11) is 0. The summed E-state index contributed by atoms with van der Waals surface area (Å²) >= 11 is 3.61. The molecular weight excluding hydrogens is 577 g/mol. The first-order chi connectivity index (χ1) is 21.8. The van der Waals surface area contributed by atoms with Gasteiger partial charge in [-0.2, -0.15) is 0 Å². The average molecular weight is 599 g/mol. The minimum Gasteiger partial charge on any atom is -0.456 e. The van der Waals surface area contributed by atoms with Gasteiger partial charge in [-0.15, -0.1) is 22.7 Å². The van der Waals surface area contributed by atoms with Crippen molar-refractivity contribution in [3.8, 4) is 0 Å². The Morgan fingerprint density at radius 1 is 0.477 bits per heavy atom. The van der Waals surface area contributed by atoms with Crippen LogP contribution >= 0.6 is 22.7 Å². The molecular formula is C39H22N2OS2. The maximum Gasteiger partial charge on any atom is 0.135 e. The summed E-state index contributed by atoms with van der Waals surface area (Å²) in [5, 5.41) is 9.73. The Hall–Kier alpha value is -5.23. The first-order valence-electron chi connectivity index (χ1n) is 14.6. The number of hydrogen-bond donors (Lipinski definition) is 0. The maximum atomic E-state index is 6.20.